The number of rotatable bonds is 4. The first-order valence-electron chi connectivity index (χ1n) is 6.71. The van der Waals surface area contributed by atoms with Crippen molar-refractivity contribution in [1.29, 1.82) is 0 Å². The van der Waals surface area contributed by atoms with E-state index in [0.29, 0.717) is 24.2 Å². The second-order valence-corrected chi connectivity index (χ2v) is 5.84. The van der Waals surface area contributed by atoms with Gasteiger partial charge in [-0.15, -0.1) is 0 Å². The molecule has 0 bridgehead atoms. The minimum absolute atomic E-state index is 0.0413. The molecule has 3 heterocycles. The van der Waals surface area contributed by atoms with Gasteiger partial charge in [0.1, 0.15) is 5.76 Å². The first kappa shape index (κ1) is 13.3. The van der Waals surface area contributed by atoms with E-state index in [2.05, 4.69) is 32.2 Å². The molecule has 2 aromatic heterocycles. The molecule has 0 aliphatic carbocycles. The first-order chi connectivity index (χ1) is 9.72. The van der Waals surface area contributed by atoms with E-state index in [1.165, 1.54) is 5.56 Å². The molecule has 0 radical (unpaired) electrons. The number of aryl methyl sites for hydroxylation is 1. The van der Waals surface area contributed by atoms with Crippen LogP contribution in [0.15, 0.2) is 27.4 Å². The highest BCUT2D eigenvalue weighted by molar-refractivity contribution is 7.07. The molecule has 2 aromatic rings. The SMILES string of the molecule is Cc1cc(NC(=O)CN2CCCC2c2ccsc2)no1. The van der Waals surface area contributed by atoms with Crippen LogP contribution in [0.5, 0.6) is 0 Å². The van der Waals surface area contributed by atoms with Gasteiger partial charge in [-0.3, -0.25) is 9.69 Å². The number of nitrogens with one attached hydrogen (secondary N) is 1. The van der Waals surface area contributed by atoms with Crippen LogP contribution in [-0.4, -0.2) is 29.1 Å². The van der Waals surface area contributed by atoms with Crippen LogP contribution in [-0.2, 0) is 4.79 Å². The largest absolute Gasteiger partial charge is 0.360 e. The van der Waals surface area contributed by atoms with Gasteiger partial charge in [-0.2, -0.15) is 11.3 Å². The number of carbonyl (C=O) groups excluding carboxylic acids is 1. The molecule has 0 spiro atoms. The van der Waals surface area contributed by atoms with Crippen molar-refractivity contribution in [3.63, 3.8) is 0 Å². The fraction of sp³-hybridized carbons (Fsp3) is 0.429. The molecule has 3 rings (SSSR count). The van der Waals surface area contributed by atoms with E-state index in [1.807, 2.05) is 0 Å². The van der Waals surface area contributed by atoms with E-state index in [-0.39, 0.29) is 5.91 Å². The molecule has 0 saturated carbocycles. The van der Waals surface area contributed by atoms with Gasteiger partial charge >= 0.3 is 0 Å². The molecule has 5 nitrogen and oxygen atoms in total. The smallest absolute Gasteiger partial charge is 0.239 e. The number of nitrogens with zero attached hydrogens (tertiary/aromatic N) is 2. The third kappa shape index (κ3) is 2.91. The van der Waals surface area contributed by atoms with Crippen molar-refractivity contribution in [2.24, 2.45) is 0 Å². The summed E-state index contributed by atoms with van der Waals surface area (Å²) in [6.45, 7) is 3.16. The molecule has 1 atom stereocenters. The zero-order valence-electron chi connectivity index (χ0n) is 11.3. The lowest BCUT2D eigenvalue weighted by molar-refractivity contribution is -0.117. The molecule has 1 unspecified atom stereocenters. The monoisotopic (exact) mass is 291 g/mol. The molecular weight excluding hydrogens is 274 g/mol. The molecule has 0 aromatic carbocycles. The molecular formula is C14H17N3O2S. The third-order valence-electron chi connectivity index (χ3n) is 3.53. The molecule has 1 fully saturated rings. The number of hydrogen-bond donors (Lipinski definition) is 1. The highest BCUT2D eigenvalue weighted by Crippen LogP contribution is 2.32. The predicted octanol–water partition coefficient (Wildman–Crippen LogP) is 2.82. The van der Waals surface area contributed by atoms with Crippen molar-refractivity contribution >= 4 is 23.1 Å². The van der Waals surface area contributed by atoms with Gasteiger partial charge in [0.05, 0.1) is 6.54 Å². The molecule has 1 saturated heterocycles. The highest BCUT2D eigenvalue weighted by atomic mass is 32.1. The van der Waals surface area contributed by atoms with Crippen LogP contribution in [0.3, 0.4) is 0 Å². The molecule has 1 N–H and O–H groups in total. The number of aromatic nitrogens is 1. The maximum absolute atomic E-state index is 12.1. The summed E-state index contributed by atoms with van der Waals surface area (Å²) in [6.07, 6.45) is 2.25. The summed E-state index contributed by atoms with van der Waals surface area (Å²) in [4.78, 5) is 14.3. The number of carbonyl (C=O) groups is 1. The lowest BCUT2D eigenvalue weighted by Gasteiger charge is -2.22. The summed E-state index contributed by atoms with van der Waals surface area (Å²) >= 11 is 1.70. The summed E-state index contributed by atoms with van der Waals surface area (Å²) in [6, 6.07) is 4.23. The summed E-state index contributed by atoms with van der Waals surface area (Å²) in [5, 5.41) is 10.8. The first-order valence-corrected chi connectivity index (χ1v) is 7.66. The topological polar surface area (TPSA) is 58.4 Å². The standard InChI is InChI=1S/C14H17N3O2S/c1-10-7-13(16-19-10)15-14(18)8-17-5-2-3-12(17)11-4-6-20-9-11/h4,6-7,9,12H,2-3,5,8H2,1H3,(H,15,16,18). The Morgan fingerprint density at radius 1 is 1.65 bits per heavy atom. The number of amides is 1. The molecule has 1 aliphatic rings. The van der Waals surface area contributed by atoms with Gasteiger partial charge in [-0.25, -0.2) is 0 Å². The normalized spacial score (nSPS) is 19.4. The van der Waals surface area contributed by atoms with Crippen molar-refractivity contribution in [2.45, 2.75) is 25.8 Å². The summed E-state index contributed by atoms with van der Waals surface area (Å²) in [5.74, 6) is 1.14. The lowest BCUT2D eigenvalue weighted by Crippen LogP contribution is -2.32. The van der Waals surface area contributed by atoms with E-state index in [0.717, 1.165) is 19.4 Å². The van der Waals surface area contributed by atoms with Crippen LogP contribution in [0.1, 0.15) is 30.2 Å². The van der Waals surface area contributed by atoms with E-state index in [1.54, 1.807) is 24.3 Å². The number of likely N-dealkylation sites (tertiary alicyclic amines) is 1. The molecule has 20 heavy (non-hydrogen) atoms. The third-order valence-corrected chi connectivity index (χ3v) is 4.24. The van der Waals surface area contributed by atoms with E-state index in [9.17, 15) is 4.79 Å². The molecule has 106 valence electrons. The van der Waals surface area contributed by atoms with Gasteiger partial charge in [0.25, 0.3) is 0 Å². The van der Waals surface area contributed by atoms with Crippen LogP contribution in [0, 0.1) is 6.92 Å². The van der Waals surface area contributed by atoms with E-state index >= 15 is 0 Å². The zero-order chi connectivity index (χ0) is 13.9. The highest BCUT2D eigenvalue weighted by Gasteiger charge is 2.27. The van der Waals surface area contributed by atoms with Gasteiger partial charge in [-0.05, 0) is 48.7 Å². The van der Waals surface area contributed by atoms with Gasteiger partial charge < -0.3 is 9.84 Å². The maximum atomic E-state index is 12.1. The predicted molar refractivity (Wildman–Crippen MR) is 77.7 cm³/mol. The van der Waals surface area contributed by atoms with Crippen molar-refractivity contribution in [3.05, 3.63) is 34.2 Å². The zero-order valence-corrected chi connectivity index (χ0v) is 12.2. The average Bonchev–Trinajstić information content (AvgIpc) is 3.10. The summed E-state index contributed by atoms with van der Waals surface area (Å²) in [5.41, 5.74) is 1.32. The number of anilines is 1. The minimum Gasteiger partial charge on any atom is -0.360 e. The Balaban J connectivity index is 1.60. The van der Waals surface area contributed by atoms with Gasteiger partial charge in [0, 0.05) is 12.1 Å². The second kappa shape index (κ2) is 5.76. The van der Waals surface area contributed by atoms with Crippen molar-refractivity contribution in [2.75, 3.05) is 18.4 Å². The van der Waals surface area contributed by atoms with Crippen molar-refractivity contribution in [3.8, 4) is 0 Å². The van der Waals surface area contributed by atoms with Gasteiger partial charge in [0.2, 0.25) is 5.91 Å². The van der Waals surface area contributed by atoms with Gasteiger partial charge in [0.15, 0.2) is 5.82 Å². The number of thiophene rings is 1. The van der Waals surface area contributed by atoms with Crippen LogP contribution >= 0.6 is 11.3 Å². The fourth-order valence-corrected chi connectivity index (χ4v) is 3.36. The molecule has 1 aliphatic heterocycles. The van der Waals surface area contributed by atoms with E-state index < -0.39 is 0 Å². The van der Waals surface area contributed by atoms with Crippen molar-refractivity contribution < 1.29 is 9.32 Å². The lowest BCUT2D eigenvalue weighted by atomic mass is 10.1. The Morgan fingerprint density at radius 2 is 2.55 bits per heavy atom. The van der Waals surface area contributed by atoms with Crippen LogP contribution in [0.2, 0.25) is 0 Å². The summed E-state index contributed by atoms with van der Waals surface area (Å²) in [7, 11) is 0. The Morgan fingerprint density at radius 3 is 3.25 bits per heavy atom. The molecule has 1 amide bonds. The Labute approximate surface area is 121 Å². The summed E-state index contributed by atoms with van der Waals surface area (Å²) < 4.78 is 4.94. The average molecular weight is 291 g/mol. The Kier molecular flexibility index (Phi) is 3.84. The quantitative estimate of drug-likeness (QED) is 0.941. The van der Waals surface area contributed by atoms with Crippen molar-refractivity contribution in [1.82, 2.24) is 10.1 Å². The Bertz CT molecular complexity index is 579. The Hall–Kier alpha value is -1.66. The van der Waals surface area contributed by atoms with Crippen LogP contribution in [0.4, 0.5) is 5.82 Å². The molecule has 6 heteroatoms. The fourth-order valence-electron chi connectivity index (χ4n) is 2.65. The van der Waals surface area contributed by atoms with Crippen LogP contribution in [0.25, 0.3) is 0 Å². The van der Waals surface area contributed by atoms with E-state index in [4.69, 9.17) is 4.52 Å². The maximum Gasteiger partial charge on any atom is 0.239 e. The van der Waals surface area contributed by atoms with Gasteiger partial charge in [-0.1, -0.05) is 5.16 Å². The van der Waals surface area contributed by atoms with Crippen LogP contribution < -0.4 is 5.32 Å². The number of hydrogen-bond acceptors (Lipinski definition) is 5. The second-order valence-electron chi connectivity index (χ2n) is 5.06. The minimum atomic E-state index is -0.0413.